The first-order valence-corrected chi connectivity index (χ1v) is 11.6. The third-order valence-electron chi connectivity index (χ3n) is 6.32. The van der Waals surface area contributed by atoms with Crippen LogP contribution in [0.2, 0.25) is 0 Å². The Hall–Kier alpha value is -3.14. The van der Waals surface area contributed by atoms with Crippen LogP contribution >= 0.6 is 0 Å². The van der Waals surface area contributed by atoms with Gasteiger partial charge in [0.25, 0.3) is 0 Å². The quantitative estimate of drug-likeness (QED) is 0.501. The molecule has 4 rings (SSSR count). The number of ketones is 1. The fraction of sp³-hybridized carbons (Fsp3) is 0.357. The summed E-state index contributed by atoms with van der Waals surface area (Å²) in [7, 11) is 0. The molecule has 2 aromatic rings. The molecule has 2 aromatic carbocycles. The zero-order valence-corrected chi connectivity index (χ0v) is 18.9. The maximum Gasteiger partial charge on any atom is 0.303 e. The zero-order valence-electron chi connectivity index (χ0n) is 18.9. The predicted molar refractivity (Wildman–Crippen MR) is 126 cm³/mol. The molecule has 2 aliphatic rings. The SMILES string of the molecule is CCC[C@H]1C=CC2=C(CCCC2=O)N1[C@@H](c1ccccc1)[C@H](OC(C)=O)c1ccccc1. The van der Waals surface area contributed by atoms with Gasteiger partial charge >= 0.3 is 5.97 Å². The third kappa shape index (κ3) is 4.55. The zero-order chi connectivity index (χ0) is 22.5. The lowest BCUT2D eigenvalue weighted by Gasteiger charge is -2.46. The van der Waals surface area contributed by atoms with Gasteiger partial charge in [-0.2, -0.15) is 0 Å². The molecule has 0 saturated heterocycles. The molecule has 0 aromatic heterocycles. The van der Waals surface area contributed by atoms with E-state index >= 15 is 0 Å². The molecule has 1 aliphatic carbocycles. The van der Waals surface area contributed by atoms with E-state index in [0.29, 0.717) is 6.42 Å². The van der Waals surface area contributed by atoms with Crippen molar-refractivity contribution in [1.29, 1.82) is 0 Å². The highest BCUT2D eigenvalue weighted by Gasteiger charge is 2.40. The first kappa shape index (κ1) is 22.1. The Morgan fingerprint density at radius 1 is 1.03 bits per heavy atom. The minimum absolute atomic E-state index is 0.136. The van der Waals surface area contributed by atoms with Gasteiger partial charge in [-0.1, -0.05) is 86.2 Å². The summed E-state index contributed by atoms with van der Waals surface area (Å²) >= 11 is 0. The Bertz CT molecular complexity index is 1010. The summed E-state index contributed by atoms with van der Waals surface area (Å²) in [6, 6.07) is 20.1. The van der Waals surface area contributed by atoms with Crippen molar-refractivity contribution in [2.75, 3.05) is 0 Å². The van der Waals surface area contributed by atoms with Crippen LogP contribution in [0, 0.1) is 0 Å². The van der Waals surface area contributed by atoms with E-state index in [2.05, 4.69) is 30.0 Å². The van der Waals surface area contributed by atoms with Crippen molar-refractivity contribution < 1.29 is 14.3 Å². The predicted octanol–water partition coefficient (Wildman–Crippen LogP) is 6.08. The van der Waals surface area contributed by atoms with Crippen LogP contribution in [0.3, 0.4) is 0 Å². The lowest BCUT2D eigenvalue weighted by atomic mass is 9.84. The van der Waals surface area contributed by atoms with Crippen LogP contribution in [0.1, 0.15) is 69.2 Å². The molecule has 0 amide bonds. The summed E-state index contributed by atoms with van der Waals surface area (Å²) in [5.41, 5.74) is 3.93. The highest BCUT2D eigenvalue weighted by Crippen LogP contribution is 2.45. The standard InChI is InChI=1S/C28H31NO3/c1-3-11-23-18-19-24-25(16-10-17-26(24)31)29(23)27(21-12-6-4-7-13-21)28(32-20(2)30)22-14-8-5-9-15-22/h4-9,12-15,18-19,23,27-28H,3,10-11,16-17H2,1-2H3/t23-,27-,28+/m0/s1. The highest BCUT2D eigenvalue weighted by atomic mass is 16.5. The second kappa shape index (κ2) is 9.99. The molecule has 32 heavy (non-hydrogen) atoms. The molecule has 4 nitrogen and oxygen atoms in total. The monoisotopic (exact) mass is 429 g/mol. The summed E-state index contributed by atoms with van der Waals surface area (Å²) in [5, 5.41) is 0. The molecule has 0 N–H and O–H groups in total. The Kier molecular flexibility index (Phi) is 6.89. The first-order valence-electron chi connectivity index (χ1n) is 11.6. The van der Waals surface area contributed by atoms with Crippen LogP contribution in [0.4, 0.5) is 0 Å². The van der Waals surface area contributed by atoms with Crippen molar-refractivity contribution >= 4 is 11.8 Å². The Morgan fingerprint density at radius 2 is 1.69 bits per heavy atom. The smallest absolute Gasteiger partial charge is 0.303 e. The van der Waals surface area contributed by atoms with Crippen molar-refractivity contribution in [3.63, 3.8) is 0 Å². The molecule has 0 bridgehead atoms. The summed E-state index contributed by atoms with van der Waals surface area (Å²) in [5.74, 6) is -0.105. The minimum atomic E-state index is -0.493. The van der Waals surface area contributed by atoms with Gasteiger partial charge in [-0.15, -0.1) is 0 Å². The molecular formula is C28H31NO3. The maximum absolute atomic E-state index is 12.8. The lowest BCUT2D eigenvalue weighted by Crippen LogP contribution is -2.43. The van der Waals surface area contributed by atoms with Crippen molar-refractivity contribution in [3.8, 4) is 0 Å². The number of esters is 1. The highest BCUT2D eigenvalue weighted by molar-refractivity contribution is 5.99. The third-order valence-corrected chi connectivity index (χ3v) is 6.32. The number of Topliss-reactive ketones (excluding diaryl/α,β-unsaturated/α-hetero) is 1. The number of carbonyl (C=O) groups excluding carboxylic acids is 2. The number of nitrogens with zero attached hydrogens (tertiary/aromatic N) is 1. The van der Waals surface area contributed by atoms with Crippen molar-refractivity contribution in [1.82, 2.24) is 4.90 Å². The van der Waals surface area contributed by atoms with Gasteiger partial charge in [0.05, 0.1) is 6.04 Å². The van der Waals surface area contributed by atoms with Crippen LogP contribution in [-0.2, 0) is 14.3 Å². The number of rotatable bonds is 7. The molecular weight excluding hydrogens is 398 g/mol. The van der Waals surface area contributed by atoms with E-state index in [1.807, 2.05) is 54.6 Å². The average molecular weight is 430 g/mol. The minimum Gasteiger partial charge on any atom is -0.455 e. The van der Waals surface area contributed by atoms with Gasteiger partial charge in [0.2, 0.25) is 0 Å². The van der Waals surface area contributed by atoms with E-state index < -0.39 is 6.10 Å². The van der Waals surface area contributed by atoms with E-state index in [1.54, 1.807) is 0 Å². The largest absolute Gasteiger partial charge is 0.455 e. The van der Waals surface area contributed by atoms with E-state index in [-0.39, 0.29) is 23.8 Å². The number of allylic oxidation sites excluding steroid dienone is 3. The fourth-order valence-electron chi connectivity index (χ4n) is 4.98. The molecule has 1 heterocycles. The van der Waals surface area contributed by atoms with E-state index in [9.17, 15) is 9.59 Å². The van der Waals surface area contributed by atoms with Gasteiger partial charge in [-0.05, 0) is 30.4 Å². The van der Waals surface area contributed by atoms with Crippen molar-refractivity contribution in [3.05, 3.63) is 95.2 Å². The van der Waals surface area contributed by atoms with Crippen LogP contribution in [-0.4, -0.2) is 22.7 Å². The van der Waals surface area contributed by atoms with Crippen LogP contribution < -0.4 is 0 Å². The number of hydrogen-bond acceptors (Lipinski definition) is 4. The van der Waals surface area contributed by atoms with E-state index in [0.717, 1.165) is 48.1 Å². The summed E-state index contributed by atoms with van der Waals surface area (Å²) < 4.78 is 6.03. The van der Waals surface area contributed by atoms with Crippen LogP contribution in [0.5, 0.6) is 0 Å². The molecule has 0 saturated carbocycles. The number of hydrogen-bond donors (Lipinski definition) is 0. The van der Waals surface area contributed by atoms with E-state index in [4.69, 9.17) is 4.74 Å². The van der Waals surface area contributed by atoms with Gasteiger partial charge in [-0.25, -0.2) is 0 Å². The van der Waals surface area contributed by atoms with Gasteiger partial charge in [0.1, 0.15) is 0 Å². The van der Waals surface area contributed by atoms with Gasteiger partial charge < -0.3 is 9.64 Å². The second-order valence-electron chi connectivity index (χ2n) is 8.56. The molecule has 1 aliphatic heterocycles. The van der Waals surface area contributed by atoms with Gasteiger partial charge in [-0.3, -0.25) is 9.59 Å². The molecule has 0 fully saturated rings. The molecule has 3 atom stereocenters. The number of ether oxygens (including phenoxy) is 1. The molecule has 4 heteroatoms. The number of carbonyl (C=O) groups is 2. The molecule has 0 spiro atoms. The van der Waals surface area contributed by atoms with Crippen molar-refractivity contribution in [2.45, 2.75) is 64.1 Å². The molecule has 0 unspecified atom stereocenters. The Balaban J connectivity index is 1.91. The van der Waals surface area contributed by atoms with E-state index in [1.165, 1.54) is 6.92 Å². The Labute approximate surface area is 190 Å². The van der Waals surface area contributed by atoms with Gasteiger partial charge in [0.15, 0.2) is 11.9 Å². The average Bonchev–Trinajstić information content (AvgIpc) is 2.81. The number of benzene rings is 2. The normalized spacial score (nSPS) is 20.0. The lowest BCUT2D eigenvalue weighted by molar-refractivity contribution is -0.151. The summed E-state index contributed by atoms with van der Waals surface area (Å²) in [4.78, 5) is 27.4. The summed E-state index contributed by atoms with van der Waals surface area (Å²) in [6.45, 7) is 3.65. The Morgan fingerprint density at radius 3 is 2.31 bits per heavy atom. The van der Waals surface area contributed by atoms with Crippen molar-refractivity contribution in [2.24, 2.45) is 0 Å². The fourth-order valence-corrected chi connectivity index (χ4v) is 4.98. The van der Waals surface area contributed by atoms with Gasteiger partial charge in [0, 0.05) is 30.7 Å². The maximum atomic E-state index is 12.8. The topological polar surface area (TPSA) is 46.6 Å². The summed E-state index contributed by atoms with van der Waals surface area (Å²) in [6.07, 6.45) is 7.99. The van der Waals surface area contributed by atoms with Crippen LogP contribution in [0.25, 0.3) is 0 Å². The molecule has 0 radical (unpaired) electrons. The van der Waals surface area contributed by atoms with Crippen LogP contribution in [0.15, 0.2) is 84.1 Å². The molecule has 166 valence electrons. The first-order chi connectivity index (χ1) is 15.6. The second-order valence-corrected chi connectivity index (χ2v) is 8.56.